The number of unbranched alkanes of at least 4 members (excludes halogenated alkanes) is 10. The highest BCUT2D eigenvalue weighted by atomic mass is 16.7. The fourth-order valence-electron chi connectivity index (χ4n) is 8.10. The molecule has 4 aliphatic rings. The van der Waals surface area contributed by atoms with Gasteiger partial charge in [0, 0.05) is 18.8 Å². The van der Waals surface area contributed by atoms with Crippen molar-refractivity contribution < 1.29 is 24.1 Å². The van der Waals surface area contributed by atoms with E-state index in [2.05, 4.69) is 20.4 Å². The van der Waals surface area contributed by atoms with Crippen LogP contribution in [0.5, 0.6) is 0 Å². The highest BCUT2D eigenvalue weighted by Gasteiger charge is 2.77. The number of esters is 1. The predicted molar refractivity (Wildman–Crippen MR) is 157 cm³/mol. The minimum absolute atomic E-state index is 0.0208. The molecule has 2 aliphatic heterocycles. The Morgan fingerprint density at radius 3 is 2.23 bits per heavy atom. The standard InChI is InChI=1S/C34H58O5/c1-6-7-8-9-10-11-12-13-14-15-16-17-30(35)37-25-33-24-29-34(39-29)27(31(3,4)36)21-23-32(34,5)22-20-26(2)18-19-28(33)38-33/h27-29,36H,2,6-25H2,1,3-5H3/t27-,28-,29+,32+,33-,34-/m0/s1. The summed E-state index contributed by atoms with van der Waals surface area (Å²) in [5, 5.41) is 11.1. The number of epoxide rings is 2. The Bertz CT molecular complexity index is 832. The Morgan fingerprint density at radius 1 is 0.949 bits per heavy atom. The van der Waals surface area contributed by atoms with Crippen LogP contribution in [0, 0.1) is 11.3 Å². The molecule has 1 spiro atoms. The number of aliphatic hydroxyl groups is 1. The quantitative estimate of drug-likeness (QED) is 0.0970. The molecule has 2 heterocycles. The number of hydrogen-bond acceptors (Lipinski definition) is 5. The molecule has 2 saturated heterocycles. The molecule has 2 aliphatic carbocycles. The van der Waals surface area contributed by atoms with Crippen LogP contribution in [0.1, 0.15) is 150 Å². The first kappa shape index (κ1) is 31.0. The number of ether oxygens (including phenoxy) is 3. The average molecular weight is 547 g/mol. The summed E-state index contributed by atoms with van der Waals surface area (Å²) in [6.07, 6.45) is 21.4. The highest BCUT2D eigenvalue weighted by molar-refractivity contribution is 5.69. The van der Waals surface area contributed by atoms with Crippen molar-refractivity contribution in [3.8, 4) is 0 Å². The lowest BCUT2D eigenvalue weighted by Gasteiger charge is -2.37. The van der Waals surface area contributed by atoms with Gasteiger partial charge in [0.25, 0.3) is 0 Å². The van der Waals surface area contributed by atoms with Gasteiger partial charge in [0.15, 0.2) is 0 Å². The van der Waals surface area contributed by atoms with E-state index in [1.54, 1.807) is 0 Å². The number of fused-ring (bicyclic) bond motifs is 1. The molecule has 0 amide bonds. The molecule has 0 aromatic heterocycles. The molecular weight excluding hydrogens is 488 g/mol. The van der Waals surface area contributed by atoms with Gasteiger partial charge in [0.2, 0.25) is 0 Å². The zero-order valence-corrected chi connectivity index (χ0v) is 25.7. The maximum absolute atomic E-state index is 12.6. The van der Waals surface area contributed by atoms with Gasteiger partial charge < -0.3 is 19.3 Å². The Kier molecular flexibility index (Phi) is 10.3. The van der Waals surface area contributed by atoms with Crippen molar-refractivity contribution in [3.05, 3.63) is 12.2 Å². The third-order valence-corrected chi connectivity index (χ3v) is 10.7. The lowest BCUT2D eigenvalue weighted by molar-refractivity contribution is -0.145. The van der Waals surface area contributed by atoms with E-state index in [0.29, 0.717) is 13.0 Å². The first-order chi connectivity index (χ1) is 18.6. The summed E-state index contributed by atoms with van der Waals surface area (Å²) in [5.41, 5.74) is -0.262. The van der Waals surface area contributed by atoms with E-state index < -0.39 is 11.2 Å². The summed E-state index contributed by atoms with van der Waals surface area (Å²) in [4.78, 5) is 12.6. The molecule has 0 aromatic rings. The van der Waals surface area contributed by atoms with Crippen LogP contribution < -0.4 is 0 Å². The molecule has 0 unspecified atom stereocenters. The Hall–Kier alpha value is -0.910. The van der Waals surface area contributed by atoms with Crippen LogP contribution in [0.3, 0.4) is 0 Å². The van der Waals surface area contributed by atoms with Crippen molar-refractivity contribution in [1.29, 1.82) is 0 Å². The number of carbonyl (C=O) groups excluding carboxylic acids is 1. The Morgan fingerprint density at radius 2 is 1.59 bits per heavy atom. The van der Waals surface area contributed by atoms with E-state index in [1.807, 2.05) is 13.8 Å². The zero-order valence-electron chi connectivity index (χ0n) is 25.7. The van der Waals surface area contributed by atoms with Crippen LogP contribution in [0.25, 0.3) is 0 Å². The van der Waals surface area contributed by atoms with Crippen molar-refractivity contribution in [3.63, 3.8) is 0 Å². The highest BCUT2D eigenvalue weighted by Crippen LogP contribution is 2.69. The van der Waals surface area contributed by atoms with Gasteiger partial charge in [-0.1, -0.05) is 90.2 Å². The van der Waals surface area contributed by atoms with Crippen molar-refractivity contribution in [2.75, 3.05) is 6.61 Å². The lowest BCUT2D eigenvalue weighted by atomic mass is 9.67. The van der Waals surface area contributed by atoms with Crippen LogP contribution in [-0.2, 0) is 19.0 Å². The fourth-order valence-corrected chi connectivity index (χ4v) is 8.10. The number of allylic oxidation sites excluding steroid dienone is 1. The van der Waals surface area contributed by atoms with Crippen molar-refractivity contribution in [2.45, 2.75) is 179 Å². The van der Waals surface area contributed by atoms with Crippen LogP contribution in [0.15, 0.2) is 12.2 Å². The van der Waals surface area contributed by atoms with E-state index >= 15 is 0 Å². The van der Waals surface area contributed by atoms with Crippen molar-refractivity contribution >= 4 is 5.97 Å². The van der Waals surface area contributed by atoms with E-state index in [0.717, 1.165) is 57.8 Å². The van der Waals surface area contributed by atoms with Gasteiger partial charge in [-0.25, -0.2) is 0 Å². The first-order valence-corrected chi connectivity index (χ1v) is 16.5. The van der Waals surface area contributed by atoms with Gasteiger partial charge in [-0.3, -0.25) is 4.79 Å². The molecule has 39 heavy (non-hydrogen) atoms. The average Bonchev–Trinajstić information content (AvgIpc) is 3.75. The molecule has 2 saturated carbocycles. The second-order valence-corrected chi connectivity index (χ2v) is 14.3. The van der Waals surface area contributed by atoms with Gasteiger partial charge in [0.05, 0.1) is 17.8 Å². The van der Waals surface area contributed by atoms with Crippen LogP contribution in [-0.4, -0.2) is 46.7 Å². The van der Waals surface area contributed by atoms with Gasteiger partial charge in [-0.2, -0.15) is 0 Å². The Balaban J connectivity index is 1.23. The summed E-state index contributed by atoms with van der Waals surface area (Å²) in [6, 6.07) is 0. The Labute approximate surface area is 238 Å². The number of rotatable bonds is 15. The molecule has 0 radical (unpaired) electrons. The monoisotopic (exact) mass is 546 g/mol. The molecule has 4 fully saturated rings. The largest absolute Gasteiger partial charge is 0.462 e. The maximum atomic E-state index is 12.6. The second-order valence-electron chi connectivity index (χ2n) is 14.3. The maximum Gasteiger partial charge on any atom is 0.305 e. The molecule has 6 atom stereocenters. The van der Waals surface area contributed by atoms with Gasteiger partial charge in [0.1, 0.15) is 17.8 Å². The van der Waals surface area contributed by atoms with E-state index in [-0.39, 0.29) is 35.1 Å². The summed E-state index contributed by atoms with van der Waals surface area (Å²) in [5.74, 6) is 0.00616. The van der Waals surface area contributed by atoms with E-state index in [9.17, 15) is 9.90 Å². The van der Waals surface area contributed by atoms with Gasteiger partial charge in [-0.15, -0.1) is 0 Å². The fraction of sp³-hybridized carbons (Fsp3) is 0.912. The topological polar surface area (TPSA) is 71.6 Å². The molecular formula is C34H58O5. The van der Waals surface area contributed by atoms with E-state index in [1.165, 1.54) is 63.4 Å². The van der Waals surface area contributed by atoms with Crippen LogP contribution in [0.2, 0.25) is 0 Å². The minimum atomic E-state index is -0.790. The third kappa shape index (κ3) is 7.30. The van der Waals surface area contributed by atoms with Crippen LogP contribution >= 0.6 is 0 Å². The molecule has 0 aromatic carbocycles. The molecule has 0 bridgehead atoms. The third-order valence-electron chi connectivity index (χ3n) is 10.7. The zero-order chi connectivity index (χ0) is 28.2. The summed E-state index contributed by atoms with van der Waals surface area (Å²) < 4.78 is 18.8. The smallest absolute Gasteiger partial charge is 0.305 e. The molecule has 4 rings (SSSR count). The summed E-state index contributed by atoms with van der Waals surface area (Å²) in [6.45, 7) is 13.2. The van der Waals surface area contributed by atoms with E-state index in [4.69, 9.17) is 14.2 Å². The summed E-state index contributed by atoms with van der Waals surface area (Å²) in [7, 11) is 0. The molecule has 224 valence electrons. The van der Waals surface area contributed by atoms with Gasteiger partial charge >= 0.3 is 5.97 Å². The van der Waals surface area contributed by atoms with Crippen LogP contribution in [0.4, 0.5) is 0 Å². The minimum Gasteiger partial charge on any atom is -0.462 e. The molecule has 5 nitrogen and oxygen atoms in total. The normalized spacial score (nSPS) is 35.9. The number of hydrogen-bond donors (Lipinski definition) is 1. The van der Waals surface area contributed by atoms with Crippen molar-refractivity contribution in [1.82, 2.24) is 0 Å². The molecule has 1 N–H and O–H groups in total. The summed E-state index contributed by atoms with van der Waals surface area (Å²) >= 11 is 0. The SMILES string of the molecule is C=C1CC[C@@H]2O[C@]2(COC(=O)CCCCCCCCCCCCC)C[C@H]2O[C@@]23[C@H](C(C)(C)O)CC[C@@]3(C)CC1. The second kappa shape index (κ2) is 12.9. The van der Waals surface area contributed by atoms with Gasteiger partial charge in [-0.05, 0) is 64.2 Å². The lowest BCUT2D eigenvalue weighted by Crippen LogP contribution is -2.46. The predicted octanol–water partition coefficient (Wildman–Crippen LogP) is 8.21. The molecule has 5 heteroatoms. The number of carbonyl (C=O) groups is 1. The van der Waals surface area contributed by atoms with Crippen molar-refractivity contribution in [2.24, 2.45) is 11.3 Å². The first-order valence-electron chi connectivity index (χ1n) is 16.5.